The quantitative estimate of drug-likeness (QED) is 0.712. The van der Waals surface area contributed by atoms with Crippen LogP contribution in [0.5, 0.6) is 0 Å². The lowest BCUT2D eigenvalue weighted by Gasteiger charge is -2.22. The average molecular weight is 275 g/mol. The maximum absolute atomic E-state index is 12.0. The number of carbonyl (C=O) groups is 1. The zero-order valence-electron chi connectivity index (χ0n) is 11.5. The molecule has 0 aromatic heterocycles. The van der Waals surface area contributed by atoms with Crippen molar-refractivity contribution in [3.63, 3.8) is 0 Å². The van der Waals surface area contributed by atoms with Gasteiger partial charge in [0.2, 0.25) is 5.91 Å². The third-order valence-corrected chi connectivity index (χ3v) is 5.27. The molecule has 106 valence electrons. The van der Waals surface area contributed by atoms with Crippen molar-refractivity contribution < 1.29 is 13.2 Å². The minimum absolute atomic E-state index is 0.183. The molecule has 0 radical (unpaired) electrons. The Hall–Kier alpha value is -0.580. The van der Waals surface area contributed by atoms with E-state index in [1.807, 2.05) is 4.90 Å². The molecule has 1 aliphatic rings. The van der Waals surface area contributed by atoms with Gasteiger partial charge in [0.15, 0.2) is 9.84 Å². The highest BCUT2D eigenvalue weighted by Crippen LogP contribution is 2.23. The van der Waals surface area contributed by atoms with Gasteiger partial charge in [-0.15, -0.1) is 0 Å². The van der Waals surface area contributed by atoms with E-state index in [1.54, 1.807) is 0 Å². The van der Waals surface area contributed by atoms with Crippen LogP contribution >= 0.6 is 0 Å². The molecule has 0 saturated carbocycles. The van der Waals surface area contributed by atoms with Crippen molar-refractivity contribution in [2.75, 3.05) is 24.6 Å². The zero-order chi connectivity index (χ0) is 13.6. The number of nitrogens with zero attached hydrogens (tertiary/aromatic N) is 1. The van der Waals surface area contributed by atoms with E-state index < -0.39 is 9.84 Å². The van der Waals surface area contributed by atoms with Crippen molar-refractivity contribution in [3.8, 4) is 0 Å². The highest BCUT2D eigenvalue weighted by Gasteiger charge is 2.28. The first-order chi connectivity index (χ1) is 8.48. The predicted molar refractivity (Wildman–Crippen MR) is 73.2 cm³/mol. The molecule has 0 spiro atoms. The van der Waals surface area contributed by atoms with Crippen molar-refractivity contribution in [3.05, 3.63) is 0 Å². The summed E-state index contributed by atoms with van der Waals surface area (Å²) in [5, 5.41) is 0. The van der Waals surface area contributed by atoms with Crippen LogP contribution < -0.4 is 0 Å². The molecule has 1 heterocycles. The Morgan fingerprint density at radius 2 is 1.83 bits per heavy atom. The molecule has 5 heteroatoms. The van der Waals surface area contributed by atoms with Gasteiger partial charge in [-0.25, -0.2) is 8.42 Å². The van der Waals surface area contributed by atoms with Gasteiger partial charge in [0.1, 0.15) is 0 Å². The first-order valence-corrected chi connectivity index (χ1v) is 8.78. The molecule has 0 aromatic carbocycles. The van der Waals surface area contributed by atoms with E-state index in [2.05, 4.69) is 13.8 Å². The molecular weight excluding hydrogens is 250 g/mol. The van der Waals surface area contributed by atoms with Crippen molar-refractivity contribution in [1.29, 1.82) is 0 Å². The second-order valence-electron chi connectivity index (χ2n) is 5.19. The summed E-state index contributed by atoms with van der Waals surface area (Å²) in [5.41, 5.74) is 0. The summed E-state index contributed by atoms with van der Waals surface area (Å²) >= 11 is 0. The lowest BCUT2D eigenvalue weighted by Crippen LogP contribution is -2.32. The monoisotopic (exact) mass is 275 g/mol. The Kier molecular flexibility index (Phi) is 6.12. The van der Waals surface area contributed by atoms with Crippen LogP contribution in [0.1, 0.15) is 46.0 Å². The fourth-order valence-corrected chi connectivity index (χ4v) is 4.40. The summed E-state index contributed by atoms with van der Waals surface area (Å²) in [7, 11) is -2.81. The standard InChI is InChI=1S/C13H25NO3S/c1-3-8-14(9-4-2)13(15)6-5-12-7-10-18(16,17)11-12/h12H,3-11H2,1-2H3. The molecule has 4 nitrogen and oxygen atoms in total. The molecule has 0 aromatic rings. The van der Waals surface area contributed by atoms with Crippen LogP contribution in [0, 0.1) is 5.92 Å². The van der Waals surface area contributed by atoms with Gasteiger partial charge in [-0.05, 0) is 31.6 Å². The van der Waals surface area contributed by atoms with Gasteiger partial charge < -0.3 is 4.90 Å². The van der Waals surface area contributed by atoms with Gasteiger partial charge in [-0.2, -0.15) is 0 Å². The van der Waals surface area contributed by atoms with Crippen LogP contribution in [0.4, 0.5) is 0 Å². The fourth-order valence-electron chi connectivity index (χ4n) is 2.49. The number of hydrogen-bond acceptors (Lipinski definition) is 3. The van der Waals surface area contributed by atoms with E-state index in [-0.39, 0.29) is 17.6 Å². The number of sulfone groups is 1. The average Bonchev–Trinajstić information content (AvgIpc) is 2.66. The molecule has 1 aliphatic heterocycles. The molecular formula is C13H25NO3S. The first-order valence-electron chi connectivity index (χ1n) is 6.96. The van der Waals surface area contributed by atoms with E-state index in [1.165, 1.54) is 0 Å². The molecule has 0 bridgehead atoms. The van der Waals surface area contributed by atoms with Crippen LogP contribution in [0.3, 0.4) is 0 Å². The summed E-state index contributed by atoms with van der Waals surface area (Å²) in [6.07, 6.45) is 3.91. The maximum atomic E-state index is 12.0. The summed E-state index contributed by atoms with van der Waals surface area (Å²) < 4.78 is 22.7. The Balaban J connectivity index is 2.35. The summed E-state index contributed by atoms with van der Waals surface area (Å²) in [5.74, 6) is 0.966. The highest BCUT2D eigenvalue weighted by molar-refractivity contribution is 7.91. The fraction of sp³-hybridized carbons (Fsp3) is 0.923. The molecule has 1 saturated heterocycles. The minimum atomic E-state index is -2.81. The Labute approximate surface area is 111 Å². The minimum Gasteiger partial charge on any atom is -0.343 e. The van der Waals surface area contributed by atoms with Gasteiger partial charge in [-0.1, -0.05) is 13.8 Å². The Bertz CT molecular complexity index is 358. The number of carbonyl (C=O) groups excluding carboxylic acids is 1. The molecule has 1 amide bonds. The SMILES string of the molecule is CCCN(CCC)C(=O)CCC1CCS(=O)(=O)C1. The third-order valence-electron chi connectivity index (χ3n) is 3.43. The zero-order valence-corrected chi connectivity index (χ0v) is 12.3. The van der Waals surface area contributed by atoms with Gasteiger partial charge in [0, 0.05) is 19.5 Å². The van der Waals surface area contributed by atoms with E-state index in [9.17, 15) is 13.2 Å². The number of amides is 1. The van der Waals surface area contributed by atoms with Gasteiger partial charge in [0.25, 0.3) is 0 Å². The van der Waals surface area contributed by atoms with E-state index in [4.69, 9.17) is 0 Å². The molecule has 18 heavy (non-hydrogen) atoms. The van der Waals surface area contributed by atoms with Gasteiger partial charge >= 0.3 is 0 Å². The van der Waals surface area contributed by atoms with Crippen LogP contribution in [-0.4, -0.2) is 43.8 Å². The van der Waals surface area contributed by atoms with Crippen LogP contribution in [0.15, 0.2) is 0 Å². The summed E-state index contributed by atoms with van der Waals surface area (Å²) in [6.45, 7) is 5.77. The van der Waals surface area contributed by atoms with Crippen LogP contribution in [0.25, 0.3) is 0 Å². The normalized spacial score (nSPS) is 22.0. The summed E-state index contributed by atoms with van der Waals surface area (Å²) in [4.78, 5) is 13.9. The van der Waals surface area contributed by atoms with Gasteiger partial charge in [-0.3, -0.25) is 4.79 Å². The number of hydrogen-bond donors (Lipinski definition) is 0. The third kappa shape index (κ3) is 4.96. The van der Waals surface area contributed by atoms with Crippen molar-refractivity contribution in [1.82, 2.24) is 4.90 Å². The molecule has 0 N–H and O–H groups in total. The van der Waals surface area contributed by atoms with E-state index in [0.717, 1.165) is 38.8 Å². The van der Waals surface area contributed by atoms with Crippen molar-refractivity contribution >= 4 is 15.7 Å². The molecule has 1 rings (SSSR count). The molecule has 1 atom stereocenters. The second-order valence-corrected chi connectivity index (χ2v) is 7.42. The largest absolute Gasteiger partial charge is 0.343 e. The van der Waals surface area contributed by atoms with E-state index >= 15 is 0 Å². The Morgan fingerprint density at radius 3 is 2.28 bits per heavy atom. The number of rotatable bonds is 7. The lowest BCUT2D eigenvalue weighted by molar-refractivity contribution is -0.131. The smallest absolute Gasteiger partial charge is 0.222 e. The Morgan fingerprint density at radius 1 is 1.22 bits per heavy atom. The maximum Gasteiger partial charge on any atom is 0.222 e. The van der Waals surface area contributed by atoms with Crippen molar-refractivity contribution in [2.24, 2.45) is 5.92 Å². The van der Waals surface area contributed by atoms with Crippen LogP contribution in [-0.2, 0) is 14.6 Å². The predicted octanol–water partition coefficient (Wildman–Crippen LogP) is 1.85. The first kappa shape index (κ1) is 15.5. The highest BCUT2D eigenvalue weighted by atomic mass is 32.2. The van der Waals surface area contributed by atoms with Gasteiger partial charge in [0.05, 0.1) is 11.5 Å². The molecule has 1 fully saturated rings. The molecule has 1 unspecified atom stereocenters. The molecule has 0 aliphatic carbocycles. The second kappa shape index (κ2) is 7.12. The summed E-state index contributed by atoms with van der Waals surface area (Å²) in [6, 6.07) is 0. The van der Waals surface area contributed by atoms with Crippen LogP contribution in [0.2, 0.25) is 0 Å². The van der Waals surface area contributed by atoms with E-state index in [0.29, 0.717) is 12.2 Å². The van der Waals surface area contributed by atoms with Crippen molar-refractivity contribution in [2.45, 2.75) is 46.0 Å². The topological polar surface area (TPSA) is 54.5 Å². The lowest BCUT2D eigenvalue weighted by atomic mass is 10.0.